The number of amides is 1. The van der Waals surface area contributed by atoms with Crippen LogP contribution in [-0.2, 0) is 9.59 Å². The number of ketones is 1. The smallest absolute Gasteiger partial charge is 0.220 e. The van der Waals surface area contributed by atoms with Gasteiger partial charge in [0.25, 0.3) is 0 Å². The van der Waals surface area contributed by atoms with E-state index in [4.69, 9.17) is 0 Å². The molecule has 18 heavy (non-hydrogen) atoms. The van der Waals surface area contributed by atoms with Crippen LogP contribution in [0.4, 0.5) is 0 Å². The van der Waals surface area contributed by atoms with Crippen molar-refractivity contribution < 1.29 is 9.59 Å². The monoisotopic (exact) mass is 256 g/mol. The molecular weight excluding hydrogens is 228 g/mol. The fraction of sp³-hybridized carbons (Fsp3) is 0.857. The van der Waals surface area contributed by atoms with Gasteiger partial charge in [-0.15, -0.1) is 0 Å². The molecule has 1 aliphatic carbocycles. The quantitative estimate of drug-likeness (QED) is 0.791. The zero-order valence-corrected chi connectivity index (χ0v) is 12.2. The number of Topliss-reactive ketones (excluding diaryl/α,β-unsaturated/α-hetero) is 1. The lowest BCUT2D eigenvalue weighted by Crippen LogP contribution is -2.50. The van der Waals surface area contributed by atoms with Gasteiger partial charge in [0, 0.05) is 24.9 Å². The number of carbonyl (C=O) groups excluding carboxylic acids is 2. The molecule has 106 valence electrons. The summed E-state index contributed by atoms with van der Waals surface area (Å²) in [6.45, 7) is 5.52. The van der Waals surface area contributed by atoms with Crippen molar-refractivity contribution >= 4 is 11.7 Å². The molecule has 0 spiro atoms. The SMILES string of the molecule is CC.CNC1CCCCC1NC(=O)CCC(C)=O. The molecule has 2 N–H and O–H groups in total. The summed E-state index contributed by atoms with van der Waals surface area (Å²) in [5.41, 5.74) is 0. The van der Waals surface area contributed by atoms with Gasteiger partial charge in [0.1, 0.15) is 5.78 Å². The summed E-state index contributed by atoms with van der Waals surface area (Å²) in [4.78, 5) is 22.4. The molecule has 0 aromatic carbocycles. The molecule has 1 saturated carbocycles. The van der Waals surface area contributed by atoms with Crippen LogP contribution in [0.2, 0.25) is 0 Å². The number of nitrogens with one attached hydrogen (secondary N) is 2. The number of hydrogen-bond acceptors (Lipinski definition) is 3. The molecule has 4 nitrogen and oxygen atoms in total. The fourth-order valence-electron chi connectivity index (χ4n) is 2.22. The maximum Gasteiger partial charge on any atom is 0.220 e. The van der Waals surface area contributed by atoms with Crippen molar-refractivity contribution in [3.8, 4) is 0 Å². The minimum Gasteiger partial charge on any atom is -0.352 e. The number of rotatable bonds is 5. The average Bonchev–Trinajstić information content (AvgIpc) is 2.39. The zero-order valence-electron chi connectivity index (χ0n) is 12.2. The minimum atomic E-state index is 0.00218. The van der Waals surface area contributed by atoms with E-state index in [9.17, 15) is 9.59 Å². The molecule has 4 heteroatoms. The molecule has 0 radical (unpaired) electrons. The second kappa shape index (κ2) is 10.1. The molecule has 0 bridgehead atoms. The van der Waals surface area contributed by atoms with Crippen LogP contribution in [0, 0.1) is 0 Å². The summed E-state index contributed by atoms with van der Waals surface area (Å²) in [6, 6.07) is 0.619. The van der Waals surface area contributed by atoms with Crippen LogP contribution in [0.1, 0.15) is 59.3 Å². The van der Waals surface area contributed by atoms with Crippen LogP contribution in [0.25, 0.3) is 0 Å². The molecule has 0 aliphatic heterocycles. The van der Waals surface area contributed by atoms with Gasteiger partial charge in [-0.3, -0.25) is 4.79 Å². The highest BCUT2D eigenvalue weighted by Crippen LogP contribution is 2.18. The Hall–Kier alpha value is -0.900. The van der Waals surface area contributed by atoms with E-state index >= 15 is 0 Å². The topological polar surface area (TPSA) is 58.2 Å². The third-order valence-corrected chi connectivity index (χ3v) is 3.19. The van der Waals surface area contributed by atoms with Gasteiger partial charge in [-0.2, -0.15) is 0 Å². The van der Waals surface area contributed by atoms with E-state index in [2.05, 4.69) is 10.6 Å². The van der Waals surface area contributed by atoms with Gasteiger partial charge >= 0.3 is 0 Å². The highest BCUT2D eigenvalue weighted by Gasteiger charge is 2.24. The normalized spacial score (nSPS) is 22.7. The second-order valence-corrected chi connectivity index (χ2v) is 4.56. The van der Waals surface area contributed by atoms with Gasteiger partial charge in [-0.25, -0.2) is 0 Å². The molecule has 2 unspecified atom stereocenters. The first-order chi connectivity index (χ1) is 8.63. The first-order valence-electron chi connectivity index (χ1n) is 7.09. The Labute approximate surface area is 111 Å². The standard InChI is InChI=1S/C12H22N2O2.C2H6/c1-9(15)7-8-12(16)14-11-6-4-3-5-10(11)13-2;1-2/h10-11,13H,3-8H2,1-2H3,(H,14,16);1-2H3. The van der Waals surface area contributed by atoms with Gasteiger partial charge in [-0.1, -0.05) is 26.7 Å². The van der Waals surface area contributed by atoms with Crippen molar-refractivity contribution in [2.45, 2.75) is 71.4 Å². The number of carbonyl (C=O) groups is 2. The highest BCUT2D eigenvalue weighted by atomic mass is 16.2. The maximum absolute atomic E-state index is 11.6. The predicted molar refractivity (Wildman–Crippen MR) is 74.5 cm³/mol. The van der Waals surface area contributed by atoms with E-state index < -0.39 is 0 Å². The van der Waals surface area contributed by atoms with Crippen molar-refractivity contribution in [1.29, 1.82) is 0 Å². The predicted octanol–water partition coefficient (Wildman–Crippen LogP) is 2.03. The second-order valence-electron chi connectivity index (χ2n) is 4.56. The van der Waals surface area contributed by atoms with Crippen molar-refractivity contribution in [1.82, 2.24) is 10.6 Å². The summed E-state index contributed by atoms with van der Waals surface area (Å²) >= 11 is 0. The van der Waals surface area contributed by atoms with E-state index in [-0.39, 0.29) is 17.7 Å². The van der Waals surface area contributed by atoms with Crippen LogP contribution >= 0.6 is 0 Å². The first kappa shape index (κ1) is 17.1. The molecule has 1 rings (SSSR count). The van der Waals surface area contributed by atoms with Crippen LogP contribution < -0.4 is 10.6 Å². The van der Waals surface area contributed by atoms with E-state index in [1.54, 1.807) is 0 Å². The van der Waals surface area contributed by atoms with Crippen LogP contribution in [-0.4, -0.2) is 30.8 Å². The summed E-state index contributed by atoms with van der Waals surface area (Å²) in [5, 5.41) is 6.26. The third-order valence-electron chi connectivity index (χ3n) is 3.19. The Morgan fingerprint density at radius 3 is 2.11 bits per heavy atom. The molecule has 0 heterocycles. The van der Waals surface area contributed by atoms with E-state index in [0.717, 1.165) is 12.8 Å². The van der Waals surface area contributed by atoms with Gasteiger partial charge in [0.2, 0.25) is 5.91 Å². The molecule has 1 fully saturated rings. The summed E-state index contributed by atoms with van der Waals surface area (Å²) in [5.74, 6) is 0.0753. The zero-order chi connectivity index (χ0) is 14.0. The maximum atomic E-state index is 11.6. The lowest BCUT2D eigenvalue weighted by molar-refractivity contribution is -0.125. The Bertz CT molecular complexity index is 254. The fourth-order valence-corrected chi connectivity index (χ4v) is 2.22. The van der Waals surface area contributed by atoms with Gasteiger partial charge in [0.05, 0.1) is 0 Å². The van der Waals surface area contributed by atoms with E-state index in [0.29, 0.717) is 18.9 Å². The van der Waals surface area contributed by atoms with Gasteiger partial charge in [-0.05, 0) is 26.8 Å². The molecular formula is C14H28N2O2. The molecule has 0 aromatic heterocycles. The van der Waals surface area contributed by atoms with E-state index in [1.165, 1.54) is 19.8 Å². The van der Waals surface area contributed by atoms with Crippen LogP contribution in [0.5, 0.6) is 0 Å². The average molecular weight is 256 g/mol. The number of hydrogen-bond donors (Lipinski definition) is 2. The minimum absolute atomic E-state index is 0.00218. The lowest BCUT2D eigenvalue weighted by atomic mass is 9.90. The van der Waals surface area contributed by atoms with Crippen molar-refractivity contribution in [3.63, 3.8) is 0 Å². The van der Waals surface area contributed by atoms with Gasteiger partial charge in [0.15, 0.2) is 0 Å². The number of likely N-dealkylation sites (N-methyl/N-ethyl adjacent to an activating group) is 1. The third kappa shape index (κ3) is 6.74. The summed E-state index contributed by atoms with van der Waals surface area (Å²) in [7, 11) is 1.94. The Balaban J connectivity index is 0.00000137. The van der Waals surface area contributed by atoms with Crippen LogP contribution in [0.3, 0.4) is 0 Å². The summed E-state index contributed by atoms with van der Waals surface area (Å²) < 4.78 is 0. The molecule has 0 aromatic rings. The first-order valence-corrected chi connectivity index (χ1v) is 7.09. The molecule has 1 amide bonds. The van der Waals surface area contributed by atoms with Crippen molar-refractivity contribution in [2.75, 3.05) is 7.05 Å². The Kier molecular flexibility index (Phi) is 9.56. The van der Waals surface area contributed by atoms with Gasteiger partial charge < -0.3 is 15.4 Å². The Morgan fingerprint density at radius 2 is 1.61 bits per heavy atom. The van der Waals surface area contributed by atoms with E-state index in [1.807, 2.05) is 20.9 Å². The molecule has 1 aliphatic rings. The molecule has 2 atom stereocenters. The Morgan fingerprint density at radius 1 is 1.06 bits per heavy atom. The summed E-state index contributed by atoms with van der Waals surface area (Å²) in [6.07, 6.45) is 5.23. The van der Waals surface area contributed by atoms with Crippen LogP contribution in [0.15, 0.2) is 0 Å². The molecule has 0 saturated heterocycles. The highest BCUT2D eigenvalue weighted by molar-refractivity contribution is 5.83. The van der Waals surface area contributed by atoms with Crippen molar-refractivity contribution in [2.24, 2.45) is 0 Å². The van der Waals surface area contributed by atoms with Crippen molar-refractivity contribution in [3.05, 3.63) is 0 Å². The largest absolute Gasteiger partial charge is 0.352 e. The lowest BCUT2D eigenvalue weighted by Gasteiger charge is -2.31.